The molecule has 16 heavy (non-hydrogen) atoms. The van der Waals surface area contributed by atoms with Gasteiger partial charge in [-0.25, -0.2) is 4.39 Å². The van der Waals surface area contributed by atoms with Crippen LogP contribution < -0.4 is 11.1 Å². The van der Waals surface area contributed by atoms with Gasteiger partial charge in [0.15, 0.2) is 0 Å². The number of nitrogen functional groups attached to an aromatic ring is 1. The number of anilines is 2. The molecule has 1 rings (SSSR count). The Kier molecular flexibility index (Phi) is 4.27. The van der Waals surface area contributed by atoms with Crippen LogP contribution in [0.4, 0.5) is 15.8 Å². The molecule has 0 saturated heterocycles. The van der Waals surface area contributed by atoms with Gasteiger partial charge >= 0.3 is 0 Å². The lowest BCUT2D eigenvalue weighted by Gasteiger charge is -2.05. The minimum atomic E-state index is -0.431. The maximum absolute atomic E-state index is 12.7. The second kappa shape index (κ2) is 5.70. The summed E-state index contributed by atoms with van der Waals surface area (Å²) in [6, 6.07) is 3.82. The molecule has 0 aliphatic heterocycles. The van der Waals surface area contributed by atoms with Crippen LogP contribution in [-0.2, 0) is 4.79 Å². The van der Waals surface area contributed by atoms with Crippen molar-refractivity contribution in [3.8, 4) is 0 Å². The number of allylic oxidation sites excluding steroid dienone is 3. The van der Waals surface area contributed by atoms with E-state index in [-0.39, 0.29) is 11.6 Å². The van der Waals surface area contributed by atoms with E-state index in [2.05, 4.69) is 5.32 Å². The normalized spacial score (nSPS) is 11.1. The Balaban J connectivity index is 2.70. The van der Waals surface area contributed by atoms with Gasteiger partial charge < -0.3 is 11.1 Å². The molecule has 1 aromatic carbocycles. The molecule has 0 fully saturated rings. The number of nitrogens with one attached hydrogen (secondary N) is 1. The zero-order chi connectivity index (χ0) is 12.0. The van der Waals surface area contributed by atoms with Crippen LogP contribution in [-0.4, -0.2) is 5.91 Å². The molecule has 0 unspecified atom stereocenters. The fourth-order valence-electron chi connectivity index (χ4n) is 1.08. The van der Waals surface area contributed by atoms with Gasteiger partial charge in [-0.15, -0.1) is 0 Å². The van der Waals surface area contributed by atoms with Crippen molar-refractivity contribution in [3.05, 3.63) is 48.3 Å². The van der Waals surface area contributed by atoms with E-state index in [1.165, 1.54) is 18.2 Å². The third kappa shape index (κ3) is 3.57. The first kappa shape index (κ1) is 12.0. The van der Waals surface area contributed by atoms with Gasteiger partial charge in [-0.2, -0.15) is 0 Å². The number of amides is 1. The molecule has 0 saturated carbocycles. The van der Waals surface area contributed by atoms with Gasteiger partial charge in [0.25, 0.3) is 0 Å². The quantitative estimate of drug-likeness (QED) is 0.467. The van der Waals surface area contributed by atoms with Gasteiger partial charge in [0, 0.05) is 6.08 Å². The molecule has 0 radical (unpaired) electrons. The SMILES string of the molecule is C/C=C/C=C/C(=O)Nc1ccc(F)cc1N. The Labute approximate surface area is 93.5 Å². The molecule has 0 spiro atoms. The van der Waals surface area contributed by atoms with Crippen LogP contribution in [0.1, 0.15) is 6.92 Å². The van der Waals surface area contributed by atoms with Crippen LogP contribution in [0.3, 0.4) is 0 Å². The van der Waals surface area contributed by atoms with Gasteiger partial charge in [0.1, 0.15) is 5.82 Å². The number of benzene rings is 1. The van der Waals surface area contributed by atoms with Crippen LogP contribution in [0.5, 0.6) is 0 Å². The average Bonchev–Trinajstić information content (AvgIpc) is 2.23. The van der Waals surface area contributed by atoms with Crippen molar-refractivity contribution in [2.24, 2.45) is 0 Å². The Morgan fingerprint density at radius 2 is 2.19 bits per heavy atom. The summed E-state index contributed by atoms with van der Waals surface area (Å²) in [6.07, 6.45) is 6.50. The molecule has 3 N–H and O–H groups in total. The second-order valence-corrected chi connectivity index (χ2v) is 3.11. The standard InChI is InChI=1S/C12H13FN2O/c1-2-3-4-5-12(16)15-11-7-6-9(13)8-10(11)14/h2-8H,14H2,1H3,(H,15,16)/b3-2+,5-4+. The zero-order valence-electron chi connectivity index (χ0n) is 8.91. The van der Waals surface area contributed by atoms with E-state index < -0.39 is 5.82 Å². The summed E-state index contributed by atoms with van der Waals surface area (Å²) in [4.78, 5) is 11.3. The van der Waals surface area contributed by atoms with Crippen LogP contribution in [0.15, 0.2) is 42.5 Å². The molecule has 0 aromatic heterocycles. The zero-order valence-corrected chi connectivity index (χ0v) is 8.91. The molecule has 0 heterocycles. The number of carbonyl (C=O) groups is 1. The van der Waals surface area contributed by atoms with Crippen LogP contribution in [0.25, 0.3) is 0 Å². The average molecular weight is 220 g/mol. The Morgan fingerprint density at radius 3 is 2.81 bits per heavy atom. The van der Waals surface area contributed by atoms with Gasteiger partial charge in [-0.1, -0.05) is 18.2 Å². The third-order valence-corrected chi connectivity index (χ3v) is 1.82. The molecular formula is C12H13FN2O. The van der Waals surface area contributed by atoms with Crippen molar-refractivity contribution in [3.63, 3.8) is 0 Å². The maximum Gasteiger partial charge on any atom is 0.248 e. The van der Waals surface area contributed by atoms with Crippen molar-refractivity contribution in [1.29, 1.82) is 0 Å². The first-order chi connectivity index (χ1) is 7.63. The van der Waals surface area contributed by atoms with Gasteiger partial charge in [-0.05, 0) is 25.1 Å². The predicted molar refractivity (Wildman–Crippen MR) is 63.4 cm³/mol. The molecule has 1 aromatic rings. The molecule has 0 bridgehead atoms. The number of rotatable bonds is 3. The van der Waals surface area contributed by atoms with Crippen LogP contribution in [0.2, 0.25) is 0 Å². The number of hydrogen-bond acceptors (Lipinski definition) is 2. The molecular weight excluding hydrogens is 207 g/mol. The molecule has 0 aliphatic rings. The summed E-state index contributed by atoms with van der Waals surface area (Å²) < 4.78 is 12.7. The number of halogens is 1. The van der Waals surface area contributed by atoms with E-state index in [1.807, 2.05) is 6.92 Å². The van der Waals surface area contributed by atoms with Crippen LogP contribution in [0, 0.1) is 5.82 Å². The number of carbonyl (C=O) groups excluding carboxylic acids is 1. The Morgan fingerprint density at radius 1 is 1.44 bits per heavy atom. The first-order valence-corrected chi connectivity index (χ1v) is 4.79. The van der Waals surface area contributed by atoms with E-state index in [0.717, 1.165) is 6.07 Å². The second-order valence-electron chi connectivity index (χ2n) is 3.11. The summed E-state index contributed by atoms with van der Waals surface area (Å²) in [6.45, 7) is 1.85. The third-order valence-electron chi connectivity index (χ3n) is 1.82. The summed E-state index contributed by atoms with van der Waals surface area (Å²) in [5, 5.41) is 2.55. The fourth-order valence-corrected chi connectivity index (χ4v) is 1.08. The highest BCUT2D eigenvalue weighted by atomic mass is 19.1. The predicted octanol–water partition coefficient (Wildman–Crippen LogP) is 2.48. The highest BCUT2D eigenvalue weighted by Crippen LogP contribution is 2.18. The lowest BCUT2D eigenvalue weighted by atomic mass is 10.2. The van der Waals surface area contributed by atoms with E-state index in [4.69, 9.17) is 5.73 Å². The van der Waals surface area contributed by atoms with Crippen molar-refractivity contribution < 1.29 is 9.18 Å². The van der Waals surface area contributed by atoms with E-state index >= 15 is 0 Å². The minimum Gasteiger partial charge on any atom is -0.397 e. The fraction of sp³-hybridized carbons (Fsp3) is 0.0833. The highest BCUT2D eigenvalue weighted by molar-refractivity contribution is 6.01. The van der Waals surface area contributed by atoms with E-state index in [9.17, 15) is 9.18 Å². The smallest absolute Gasteiger partial charge is 0.248 e. The van der Waals surface area contributed by atoms with E-state index in [1.54, 1.807) is 18.2 Å². The molecule has 0 atom stereocenters. The largest absolute Gasteiger partial charge is 0.397 e. The van der Waals surface area contributed by atoms with Gasteiger partial charge in [-0.3, -0.25) is 4.79 Å². The highest BCUT2D eigenvalue weighted by Gasteiger charge is 2.02. The Bertz CT molecular complexity index is 439. The maximum atomic E-state index is 12.7. The summed E-state index contributed by atoms with van der Waals surface area (Å²) in [7, 11) is 0. The Hall–Kier alpha value is -2.10. The summed E-state index contributed by atoms with van der Waals surface area (Å²) >= 11 is 0. The lowest BCUT2D eigenvalue weighted by Crippen LogP contribution is -2.09. The summed E-state index contributed by atoms with van der Waals surface area (Å²) in [5.41, 5.74) is 6.13. The molecule has 1 amide bonds. The van der Waals surface area contributed by atoms with Crippen molar-refractivity contribution >= 4 is 17.3 Å². The molecule has 4 heteroatoms. The molecule has 84 valence electrons. The monoisotopic (exact) mass is 220 g/mol. The molecule has 3 nitrogen and oxygen atoms in total. The van der Waals surface area contributed by atoms with Gasteiger partial charge in [0.05, 0.1) is 11.4 Å². The lowest BCUT2D eigenvalue weighted by molar-refractivity contribution is -0.111. The minimum absolute atomic E-state index is 0.202. The van der Waals surface area contributed by atoms with Crippen LogP contribution >= 0.6 is 0 Å². The first-order valence-electron chi connectivity index (χ1n) is 4.79. The van der Waals surface area contributed by atoms with Crippen molar-refractivity contribution in [2.75, 3.05) is 11.1 Å². The van der Waals surface area contributed by atoms with E-state index in [0.29, 0.717) is 5.69 Å². The topological polar surface area (TPSA) is 55.1 Å². The van der Waals surface area contributed by atoms with Crippen molar-refractivity contribution in [2.45, 2.75) is 6.92 Å². The van der Waals surface area contributed by atoms with Gasteiger partial charge in [0.2, 0.25) is 5.91 Å². The number of nitrogens with two attached hydrogens (primary N) is 1. The number of hydrogen-bond donors (Lipinski definition) is 2. The van der Waals surface area contributed by atoms with Crippen molar-refractivity contribution in [1.82, 2.24) is 0 Å². The molecule has 0 aliphatic carbocycles. The summed E-state index contributed by atoms with van der Waals surface area (Å²) in [5.74, 6) is -0.739.